The third kappa shape index (κ3) is 10.5. The number of carbonyl (C=O) groups is 6. The smallest absolute Gasteiger partial charge is 0.326 e. The first-order valence-corrected chi connectivity index (χ1v) is 11.2. The number of aromatic amines is 1. The predicted octanol–water partition coefficient (Wildman–Crippen LogP) is -2.99. The van der Waals surface area contributed by atoms with Gasteiger partial charge in [0, 0.05) is 31.2 Å². The third-order valence-corrected chi connectivity index (χ3v) is 5.24. The highest BCUT2D eigenvalue weighted by Gasteiger charge is 2.31. The minimum atomic E-state index is -1.37. The fraction of sp³-hybridized carbons (Fsp3) is 0.571. The fourth-order valence-corrected chi connectivity index (χ4v) is 3.04. The quantitative estimate of drug-likeness (QED) is 0.112. The minimum Gasteiger partial charge on any atom is -0.480 e. The summed E-state index contributed by atoms with van der Waals surface area (Å²) in [6, 6.07) is -4.97. The van der Waals surface area contributed by atoms with Gasteiger partial charge in [-0.3, -0.25) is 24.0 Å². The van der Waals surface area contributed by atoms with Crippen LogP contribution in [0.1, 0.15) is 45.2 Å². The summed E-state index contributed by atoms with van der Waals surface area (Å²) in [5, 5.41) is 16.6. The van der Waals surface area contributed by atoms with E-state index in [-0.39, 0.29) is 38.0 Å². The van der Waals surface area contributed by atoms with Gasteiger partial charge in [-0.25, -0.2) is 9.78 Å². The number of nitrogens with zero attached hydrogens (tertiary/aromatic N) is 1. The van der Waals surface area contributed by atoms with E-state index in [1.165, 1.54) is 12.5 Å². The van der Waals surface area contributed by atoms with E-state index < -0.39 is 59.7 Å². The highest BCUT2D eigenvalue weighted by Crippen LogP contribution is 2.06. The molecule has 11 N–H and O–H groups in total. The number of carboxylic acid groups (broad SMARTS) is 1. The van der Waals surface area contributed by atoms with Crippen LogP contribution < -0.4 is 33.2 Å². The molecule has 15 heteroatoms. The van der Waals surface area contributed by atoms with Crippen molar-refractivity contribution in [2.45, 2.75) is 70.1 Å². The number of hydrogen-bond acceptors (Lipinski definition) is 8. The Hall–Kier alpha value is -4.01. The van der Waals surface area contributed by atoms with Crippen LogP contribution in [-0.4, -0.2) is 74.7 Å². The first kappa shape index (κ1) is 30.0. The van der Waals surface area contributed by atoms with Gasteiger partial charge >= 0.3 is 5.97 Å². The fourth-order valence-electron chi connectivity index (χ4n) is 3.04. The number of carbonyl (C=O) groups excluding carboxylic acids is 5. The van der Waals surface area contributed by atoms with E-state index in [2.05, 4.69) is 25.9 Å². The maximum Gasteiger partial charge on any atom is 0.326 e. The average molecular weight is 511 g/mol. The van der Waals surface area contributed by atoms with E-state index in [9.17, 15) is 33.9 Å². The summed E-state index contributed by atoms with van der Waals surface area (Å²) in [6.07, 6.45) is 1.64. The van der Waals surface area contributed by atoms with Crippen molar-refractivity contribution in [3.63, 3.8) is 0 Å². The largest absolute Gasteiger partial charge is 0.480 e. The van der Waals surface area contributed by atoms with Gasteiger partial charge in [0.25, 0.3) is 0 Å². The van der Waals surface area contributed by atoms with Gasteiger partial charge in [-0.15, -0.1) is 0 Å². The minimum absolute atomic E-state index is 0.123. The molecule has 1 aromatic heterocycles. The Kier molecular flexibility index (Phi) is 12.0. The predicted molar refractivity (Wildman–Crippen MR) is 125 cm³/mol. The lowest BCUT2D eigenvalue weighted by atomic mass is 10.0. The number of carboxylic acids is 1. The van der Waals surface area contributed by atoms with Crippen LogP contribution in [0.15, 0.2) is 12.5 Å². The molecule has 0 radical (unpaired) electrons. The van der Waals surface area contributed by atoms with Crippen molar-refractivity contribution >= 4 is 35.5 Å². The number of imidazole rings is 1. The van der Waals surface area contributed by atoms with Crippen LogP contribution in [-0.2, 0) is 35.2 Å². The SMILES string of the molecule is CC(C)C(N)C(=O)NC(CCC(N)=O)C(=O)NC(CCC(N)=O)C(=O)NC(Cc1cnc[nH]1)C(=O)O. The van der Waals surface area contributed by atoms with Crippen molar-refractivity contribution in [3.05, 3.63) is 18.2 Å². The summed E-state index contributed by atoms with van der Waals surface area (Å²) in [4.78, 5) is 79.0. The molecule has 1 rings (SSSR count). The molecule has 15 nitrogen and oxygen atoms in total. The van der Waals surface area contributed by atoms with Crippen molar-refractivity contribution < 1.29 is 33.9 Å². The number of hydrogen-bond donors (Lipinski definition) is 8. The van der Waals surface area contributed by atoms with E-state index >= 15 is 0 Å². The van der Waals surface area contributed by atoms with Crippen LogP contribution in [0, 0.1) is 5.92 Å². The van der Waals surface area contributed by atoms with E-state index in [1.807, 2.05) is 0 Å². The molecule has 200 valence electrons. The highest BCUT2D eigenvalue weighted by atomic mass is 16.4. The molecule has 36 heavy (non-hydrogen) atoms. The van der Waals surface area contributed by atoms with Crippen LogP contribution in [0.4, 0.5) is 0 Å². The first-order chi connectivity index (χ1) is 16.8. The van der Waals surface area contributed by atoms with Gasteiger partial charge in [0.1, 0.15) is 18.1 Å². The summed E-state index contributed by atoms with van der Waals surface area (Å²) in [5.74, 6) is -5.47. The number of rotatable bonds is 16. The second kappa shape index (κ2) is 14.4. The van der Waals surface area contributed by atoms with Gasteiger partial charge < -0.3 is 43.2 Å². The molecule has 0 fully saturated rings. The number of primary amides is 2. The number of aromatic nitrogens is 2. The Labute approximate surface area is 207 Å². The van der Waals surface area contributed by atoms with Gasteiger partial charge in [-0.1, -0.05) is 13.8 Å². The van der Waals surface area contributed by atoms with E-state index in [0.29, 0.717) is 5.69 Å². The van der Waals surface area contributed by atoms with Crippen molar-refractivity contribution in [2.24, 2.45) is 23.1 Å². The Morgan fingerprint density at radius 2 is 1.36 bits per heavy atom. The van der Waals surface area contributed by atoms with Gasteiger partial charge in [-0.05, 0) is 18.8 Å². The topological polar surface area (TPSA) is 265 Å². The molecule has 0 aliphatic carbocycles. The normalized spacial score (nSPS) is 14.2. The Bertz CT molecular complexity index is 935. The second-order valence-corrected chi connectivity index (χ2v) is 8.58. The Morgan fingerprint density at radius 3 is 1.75 bits per heavy atom. The zero-order chi connectivity index (χ0) is 27.4. The summed E-state index contributed by atoms with van der Waals surface area (Å²) in [5.41, 5.74) is 16.6. The van der Waals surface area contributed by atoms with Gasteiger partial charge in [-0.2, -0.15) is 0 Å². The summed E-state index contributed by atoms with van der Waals surface area (Å²) >= 11 is 0. The molecule has 1 aromatic rings. The summed E-state index contributed by atoms with van der Waals surface area (Å²) < 4.78 is 0. The third-order valence-electron chi connectivity index (χ3n) is 5.24. The second-order valence-electron chi connectivity index (χ2n) is 8.58. The van der Waals surface area contributed by atoms with Crippen LogP contribution in [0.5, 0.6) is 0 Å². The van der Waals surface area contributed by atoms with E-state index in [1.54, 1.807) is 13.8 Å². The van der Waals surface area contributed by atoms with Crippen LogP contribution in [0.25, 0.3) is 0 Å². The van der Waals surface area contributed by atoms with Crippen molar-refractivity contribution in [2.75, 3.05) is 0 Å². The van der Waals surface area contributed by atoms with Gasteiger partial charge in [0.2, 0.25) is 29.5 Å². The van der Waals surface area contributed by atoms with Crippen LogP contribution in [0.2, 0.25) is 0 Å². The average Bonchev–Trinajstić information content (AvgIpc) is 3.30. The molecule has 4 unspecified atom stereocenters. The van der Waals surface area contributed by atoms with E-state index in [4.69, 9.17) is 17.2 Å². The highest BCUT2D eigenvalue weighted by molar-refractivity contribution is 5.94. The van der Waals surface area contributed by atoms with Crippen LogP contribution >= 0.6 is 0 Å². The number of H-pyrrole nitrogens is 1. The summed E-state index contributed by atoms with van der Waals surface area (Å²) in [7, 11) is 0. The lowest BCUT2D eigenvalue weighted by Crippen LogP contribution is -2.57. The molecule has 5 amide bonds. The molecule has 0 spiro atoms. The molecule has 4 atom stereocenters. The standard InChI is InChI=1S/C21H34N8O7/c1-10(2)17(24)20(34)28-13(4-6-16(23)31)18(32)27-12(3-5-15(22)30)19(33)29-14(21(35)36)7-11-8-25-9-26-11/h8-10,12-14,17H,3-7,24H2,1-2H3,(H2,22,30)(H2,23,31)(H,25,26)(H,27,32)(H,28,34)(H,29,33)(H,35,36). The molecule has 0 bridgehead atoms. The van der Waals surface area contributed by atoms with Crippen molar-refractivity contribution in [1.82, 2.24) is 25.9 Å². The maximum atomic E-state index is 13.0. The molecule has 0 aliphatic heterocycles. The number of nitrogens with two attached hydrogens (primary N) is 3. The van der Waals surface area contributed by atoms with Gasteiger partial charge in [0.05, 0.1) is 12.4 Å². The Balaban J connectivity index is 3.04. The number of aliphatic carboxylic acids is 1. The zero-order valence-electron chi connectivity index (χ0n) is 20.2. The molecule has 0 aliphatic rings. The van der Waals surface area contributed by atoms with Crippen LogP contribution in [0.3, 0.4) is 0 Å². The molecule has 0 saturated heterocycles. The number of amides is 5. The first-order valence-electron chi connectivity index (χ1n) is 11.2. The molecular weight excluding hydrogens is 476 g/mol. The molecule has 1 heterocycles. The van der Waals surface area contributed by atoms with E-state index in [0.717, 1.165) is 0 Å². The lowest BCUT2D eigenvalue weighted by Gasteiger charge is -2.25. The molecule has 0 saturated carbocycles. The summed E-state index contributed by atoms with van der Waals surface area (Å²) in [6.45, 7) is 3.41. The monoisotopic (exact) mass is 510 g/mol. The zero-order valence-corrected chi connectivity index (χ0v) is 20.2. The molecular formula is C21H34N8O7. The Morgan fingerprint density at radius 1 is 0.889 bits per heavy atom. The molecule has 0 aromatic carbocycles. The number of nitrogens with one attached hydrogen (secondary N) is 4. The lowest BCUT2D eigenvalue weighted by molar-refractivity contribution is -0.142. The van der Waals surface area contributed by atoms with Crippen molar-refractivity contribution in [1.29, 1.82) is 0 Å². The van der Waals surface area contributed by atoms with Crippen molar-refractivity contribution in [3.8, 4) is 0 Å². The maximum absolute atomic E-state index is 13.0. The van der Waals surface area contributed by atoms with Gasteiger partial charge in [0.15, 0.2) is 0 Å².